The summed E-state index contributed by atoms with van der Waals surface area (Å²) in [4.78, 5) is 31.8. The molecule has 2 aromatic carbocycles. The standard InChI is InChI=1S/C26H26ClN5O4S/c1-14-18(6-5-16(12-28)22(14)27)32-24(33)23-19-11-17(31(23)26(32)34)13-30(19)25(37)29-9-8-15-4-7-20(35-2)21(10-15)36-3/h4-7,10,17,19,23H,8-9,11,13H2,1-3H3,(H,29,37)/t17?,19?,23-/m0/s1. The maximum atomic E-state index is 13.5. The third-order valence-corrected chi connectivity index (χ3v) is 8.25. The SMILES string of the molecule is COc1ccc(CCNC(=S)N2CC3CC2[C@H]2C(=O)N(c4ccc(C#N)c(Cl)c4C)C(=O)N32)cc1OC. The summed E-state index contributed by atoms with van der Waals surface area (Å²) in [6, 6.07) is 9.72. The second kappa shape index (κ2) is 9.72. The number of thiocarbonyl (C=S) groups is 1. The Bertz CT molecular complexity index is 1340. The number of anilines is 1. The van der Waals surface area contributed by atoms with Gasteiger partial charge in [-0.3, -0.25) is 4.79 Å². The molecule has 0 aliphatic carbocycles. The molecular weight excluding hydrogens is 514 g/mol. The molecule has 3 aliphatic rings. The molecule has 0 radical (unpaired) electrons. The monoisotopic (exact) mass is 539 g/mol. The van der Waals surface area contributed by atoms with Gasteiger partial charge in [-0.25, -0.2) is 9.69 Å². The van der Waals surface area contributed by atoms with Gasteiger partial charge in [0.15, 0.2) is 16.6 Å². The van der Waals surface area contributed by atoms with Gasteiger partial charge in [0.2, 0.25) is 0 Å². The van der Waals surface area contributed by atoms with Crippen molar-refractivity contribution in [1.82, 2.24) is 15.1 Å². The van der Waals surface area contributed by atoms with Crippen molar-refractivity contribution in [3.8, 4) is 17.6 Å². The third-order valence-electron chi connectivity index (χ3n) is 7.38. The molecule has 192 valence electrons. The van der Waals surface area contributed by atoms with E-state index in [0.29, 0.717) is 52.9 Å². The summed E-state index contributed by atoms with van der Waals surface area (Å²) in [5, 5.41) is 13.4. The number of rotatable bonds is 6. The van der Waals surface area contributed by atoms with Crippen molar-refractivity contribution in [2.75, 3.05) is 32.2 Å². The number of methoxy groups -OCH3 is 2. The van der Waals surface area contributed by atoms with Crippen molar-refractivity contribution in [3.05, 3.63) is 52.0 Å². The maximum absolute atomic E-state index is 13.5. The number of urea groups is 1. The van der Waals surface area contributed by atoms with Crippen LogP contribution in [0, 0.1) is 18.3 Å². The van der Waals surface area contributed by atoms with E-state index in [0.717, 1.165) is 12.0 Å². The van der Waals surface area contributed by atoms with Gasteiger partial charge in [-0.05, 0) is 67.4 Å². The fraction of sp³-hybridized carbons (Fsp3) is 0.385. The Morgan fingerprint density at radius 1 is 1.22 bits per heavy atom. The largest absolute Gasteiger partial charge is 0.493 e. The predicted octanol–water partition coefficient (Wildman–Crippen LogP) is 3.25. The van der Waals surface area contributed by atoms with E-state index in [-0.39, 0.29) is 29.0 Å². The average molecular weight is 540 g/mol. The number of benzene rings is 2. The zero-order chi connectivity index (χ0) is 26.4. The van der Waals surface area contributed by atoms with E-state index in [1.807, 2.05) is 29.2 Å². The first-order valence-electron chi connectivity index (χ1n) is 11.9. The minimum atomic E-state index is -0.606. The van der Waals surface area contributed by atoms with E-state index in [1.165, 1.54) is 11.0 Å². The Labute approximate surface area is 225 Å². The fourth-order valence-electron chi connectivity index (χ4n) is 5.57. The highest BCUT2D eigenvalue weighted by Crippen LogP contribution is 2.43. The smallest absolute Gasteiger partial charge is 0.332 e. The minimum Gasteiger partial charge on any atom is -0.493 e. The Morgan fingerprint density at radius 3 is 2.68 bits per heavy atom. The van der Waals surface area contributed by atoms with E-state index >= 15 is 0 Å². The molecule has 2 bridgehead atoms. The van der Waals surface area contributed by atoms with E-state index in [4.69, 9.17) is 33.3 Å². The number of carbonyl (C=O) groups excluding carboxylic acids is 2. The molecular formula is C26H26ClN5O4S. The Hall–Kier alpha value is -3.55. The molecule has 0 saturated carbocycles. The summed E-state index contributed by atoms with van der Waals surface area (Å²) in [7, 11) is 3.21. The number of fused-ring (bicyclic) bond motifs is 5. The first-order valence-corrected chi connectivity index (χ1v) is 12.7. The summed E-state index contributed by atoms with van der Waals surface area (Å²) in [5.74, 6) is 1.06. The number of nitrogens with one attached hydrogen (secondary N) is 1. The molecule has 0 aromatic heterocycles. The lowest BCUT2D eigenvalue weighted by Crippen LogP contribution is -2.57. The summed E-state index contributed by atoms with van der Waals surface area (Å²) in [6.07, 6.45) is 1.42. The molecule has 11 heteroatoms. The zero-order valence-electron chi connectivity index (χ0n) is 20.7. The summed E-state index contributed by atoms with van der Waals surface area (Å²) < 4.78 is 10.7. The molecule has 3 fully saturated rings. The topological polar surface area (TPSA) is 98.1 Å². The Morgan fingerprint density at radius 2 is 1.97 bits per heavy atom. The lowest BCUT2D eigenvalue weighted by molar-refractivity contribution is -0.120. The number of hydrogen-bond donors (Lipinski definition) is 1. The van der Waals surface area contributed by atoms with Crippen molar-refractivity contribution in [2.24, 2.45) is 0 Å². The summed E-state index contributed by atoms with van der Waals surface area (Å²) in [6.45, 7) is 2.89. The highest BCUT2D eigenvalue weighted by atomic mass is 35.5. The van der Waals surface area contributed by atoms with Gasteiger partial charge in [-0.2, -0.15) is 5.26 Å². The van der Waals surface area contributed by atoms with Crippen molar-refractivity contribution >= 4 is 46.6 Å². The van der Waals surface area contributed by atoms with E-state index in [2.05, 4.69) is 5.32 Å². The molecule has 3 aliphatic heterocycles. The van der Waals surface area contributed by atoms with E-state index in [9.17, 15) is 14.9 Å². The van der Waals surface area contributed by atoms with Crippen LogP contribution in [0.3, 0.4) is 0 Å². The molecule has 9 nitrogen and oxygen atoms in total. The molecule has 2 aromatic rings. The van der Waals surface area contributed by atoms with Gasteiger partial charge in [-0.1, -0.05) is 17.7 Å². The van der Waals surface area contributed by atoms with Gasteiger partial charge in [-0.15, -0.1) is 0 Å². The molecule has 3 heterocycles. The van der Waals surface area contributed by atoms with Gasteiger partial charge >= 0.3 is 6.03 Å². The lowest BCUT2D eigenvalue weighted by atomic mass is 10.1. The number of amides is 3. The number of nitriles is 1. The highest BCUT2D eigenvalue weighted by Gasteiger charge is 2.62. The third kappa shape index (κ3) is 4.03. The van der Waals surface area contributed by atoms with Crippen LogP contribution in [0.15, 0.2) is 30.3 Å². The summed E-state index contributed by atoms with van der Waals surface area (Å²) in [5.41, 5.74) is 2.32. The molecule has 5 rings (SSSR count). The number of likely N-dealkylation sites (tertiary alicyclic amines) is 1. The maximum Gasteiger partial charge on any atom is 0.332 e. The van der Waals surface area contributed by atoms with Crippen LogP contribution in [0.4, 0.5) is 10.5 Å². The van der Waals surface area contributed by atoms with E-state index < -0.39 is 6.04 Å². The Kier molecular flexibility index (Phi) is 6.60. The average Bonchev–Trinajstić information content (AvgIpc) is 3.57. The number of nitrogens with zero attached hydrogens (tertiary/aromatic N) is 4. The van der Waals surface area contributed by atoms with Crippen molar-refractivity contribution in [3.63, 3.8) is 0 Å². The van der Waals surface area contributed by atoms with Crippen LogP contribution in [0.1, 0.15) is 23.1 Å². The number of carbonyl (C=O) groups is 2. The van der Waals surface area contributed by atoms with Crippen molar-refractivity contribution in [1.29, 1.82) is 5.26 Å². The number of halogens is 1. The number of ether oxygens (including phenoxy) is 2. The van der Waals surface area contributed by atoms with Crippen molar-refractivity contribution in [2.45, 2.75) is 37.9 Å². The molecule has 0 spiro atoms. The van der Waals surface area contributed by atoms with Gasteiger partial charge in [0.1, 0.15) is 12.1 Å². The summed E-state index contributed by atoms with van der Waals surface area (Å²) >= 11 is 12.0. The van der Waals surface area contributed by atoms with Crippen LogP contribution >= 0.6 is 23.8 Å². The van der Waals surface area contributed by atoms with Gasteiger partial charge < -0.3 is 24.6 Å². The number of hydrogen-bond acceptors (Lipinski definition) is 6. The quantitative estimate of drug-likeness (QED) is 0.441. The van der Waals surface area contributed by atoms with Crippen molar-refractivity contribution < 1.29 is 19.1 Å². The zero-order valence-corrected chi connectivity index (χ0v) is 22.2. The van der Waals surface area contributed by atoms with Gasteiger partial charge in [0, 0.05) is 13.1 Å². The highest BCUT2D eigenvalue weighted by molar-refractivity contribution is 7.80. The first-order chi connectivity index (χ1) is 17.8. The number of piperazine rings is 1. The fourth-order valence-corrected chi connectivity index (χ4v) is 6.08. The second-order valence-corrected chi connectivity index (χ2v) is 10.0. The normalized spacial score (nSPS) is 21.8. The van der Waals surface area contributed by atoms with Crippen LogP contribution in [0.25, 0.3) is 0 Å². The van der Waals surface area contributed by atoms with Crippen LogP contribution in [-0.2, 0) is 11.2 Å². The molecule has 3 amide bonds. The van der Waals surface area contributed by atoms with Crippen LogP contribution in [-0.4, -0.2) is 72.3 Å². The predicted molar refractivity (Wildman–Crippen MR) is 142 cm³/mol. The van der Waals surface area contributed by atoms with Gasteiger partial charge in [0.05, 0.1) is 42.6 Å². The van der Waals surface area contributed by atoms with Crippen LogP contribution in [0.2, 0.25) is 5.02 Å². The molecule has 37 heavy (non-hydrogen) atoms. The molecule has 1 N–H and O–H groups in total. The first kappa shape index (κ1) is 25.1. The number of imide groups is 1. The van der Waals surface area contributed by atoms with Gasteiger partial charge in [0.25, 0.3) is 5.91 Å². The Balaban J connectivity index is 1.27. The lowest BCUT2D eigenvalue weighted by Gasteiger charge is -2.36. The van der Waals surface area contributed by atoms with Crippen LogP contribution < -0.4 is 19.7 Å². The second-order valence-electron chi connectivity index (χ2n) is 9.27. The minimum absolute atomic E-state index is 0.101. The molecule has 2 unspecified atom stereocenters. The molecule has 3 atom stereocenters. The molecule has 3 saturated heterocycles. The van der Waals surface area contributed by atoms with E-state index in [1.54, 1.807) is 32.1 Å². The van der Waals surface area contributed by atoms with Crippen LogP contribution in [0.5, 0.6) is 11.5 Å².